The molecule has 0 aromatic heterocycles. The molecule has 2 aromatic rings. The van der Waals surface area contributed by atoms with Crippen LogP contribution in [0.4, 0.5) is 11.4 Å². The molecule has 0 spiro atoms. The normalized spacial score (nSPS) is 16.0. The molecular weight excluding hydrogens is 348 g/mol. The first-order valence-electron chi connectivity index (χ1n) is 9.98. The quantitative estimate of drug-likeness (QED) is 0.826. The van der Waals surface area contributed by atoms with E-state index in [-0.39, 0.29) is 11.4 Å². The number of piperazine rings is 1. The van der Waals surface area contributed by atoms with E-state index in [1.807, 2.05) is 36.4 Å². The third-order valence-electron chi connectivity index (χ3n) is 4.86. The van der Waals surface area contributed by atoms with Gasteiger partial charge in [0.2, 0.25) is 0 Å². The van der Waals surface area contributed by atoms with E-state index in [9.17, 15) is 4.79 Å². The summed E-state index contributed by atoms with van der Waals surface area (Å²) in [4.78, 5) is 17.4. The highest BCUT2D eigenvalue weighted by Gasteiger charge is 2.14. The number of nitrogens with one attached hydrogen (secondary N) is 2. The maximum atomic E-state index is 12.6. The topological polar surface area (TPSA) is 47.6 Å². The van der Waals surface area contributed by atoms with Crippen LogP contribution in [0, 0.1) is 0 Å². The van der Waals surface area contributed by atoms with Gasteiger partial charge in [0.25, 0.3) is 5.91 Å². The van der Waals surface area contributed by atoms with Gasteiger partial charge >= 0.3 is 0 Å². The smallest absolute Gasteiger partial charge is 0.255 e. The lowest BCUT2D eigenvalue weighted by molar-refractivity contribution is 0.102. The molecule has 1 heterocycles. The summed E-state index contributed by atoms with van der Waals surface area (Å²) in [6, 6.07) is 15.8. The van der Waals surface area contributed by atoms with Gasteiger partial charge in [-0.05, 0) is 63.7 Å². The highest BCUT2D eigenvalue weighted by atomic mass is 16.1. The van der Waals surface area contributed by atoms with Crippen LogP contribution in [0.2, 0.25) is 0 Å². The molecular formula is C23H32N4O. The number of carbonyl (C=O) groups excluding carboxylic acids is 1. The van der Waals surface area contributed by atoms with Crippen molar-refractivity contribution < 1.29 is 4.79 Å². The number of nitrogens with zero attached hydrogens (tertiary/aromatic N) is 2. The van der Waals surface area contributed by atoms with Crippen LogP contribution in [0.5, 0.6) is 0 Å². The van der Waals surface area contributed by atoms with Gasteiger partial charge < -0.3 is 15.5 Å². The fourth-order valence-electron chi connectivity index (χ4n) is 3.34. The highest BCUT2D eigenvalue weighted by Crippen LogP contribution is 2.20. The molecule has 0 unspecified atom stereocenters. The minimum atomic E-state index is -0.0842. The molecule has 1 fully saturated rings. The van der Waals surface area contributed by atoms with E-state index >= 15 is 0 Å². The number of amides is 1. The number of rotatable bonds is 5. The number of benzene rings is 2. The lowest BCUT2D eigenvalue weighted by Gasteiger charge is -2.32. The molecule has 1 aliphatic heterocycles. The highest BCUT2D eigenvalue weighted by molar-refractivity contribution is 6.04. The Kier molecular flexibility index (Phi) is 6.37. The van der Waals surface area contributed by atoms with Gasteiger partial charge in [-0.25, -0.2) is 0 Å². The lowest BCUT2D eigenvalue weighted by atomic mass is 10.1. The van der Waals surface area contributed by atoms with Crippen LogP contribution in [0.25, 0.3) is 0 Å². The van der Waals surface area contributed by atoms with Crippen molar-refractivity contribution in [2.75, 3.05) is 43.9 Å². The van der Waals surface area contributed by atoms with Crippen LogP contribution < -0.4 is 10.6 Å². The van der Waals surface area contributed by atoms with Crippen LogP contribution in [-0.4, -0.2) is 54.5 Å². The van der Waals surface area contributed by atoms with E-state index in [1.54, 1.807) is 0 Å². The molecule has 28 heavy (non-hydrogen) atoms. The molecule has 0 atom stereocenters. The van der Waals surface area contributed by atoms with Gasteiger partial charge in [-0.3, -0.25) is 9.69 Å². The van der Waals surface area contributed by atoms with E-state index in [0.717, 1.165) is 44.1 Å². The second-order valence-electron chi connectivity index (χ2n) is 8.69. The van der Waals surface area contributed by atoms with Crippen molar-refractivity contribution in [2.24, 2.45) is 0 Å². The van der Waals surface area contributed by atoms with Crippen molar-refractivity contribution in [3.8, 4) is 0 Å². The summed E-state index contributed by atoms with van der Waals surface area (Å²) in [5.74, 6) is -0.0842. The molecule has 5 heteroatoms. The third-order valence-corrected chi connectivity index (χ3v) is 4.86. The molecule has 1 aliphatic rings. The Morgan fingerprint density at radius 3 is 2.25 bits per heavy atom. The summed E-state index contributed by atoms with van der Waals surface area (Å²) >= 11 is 0. The molecule has 1 amide bonds. The van der Waals surface area contributed by atoms with E-state index < -0.39 is 0 Å². The van der Waals surface area contributed by atoms with Gasteiger partial charge in [0.05, 0.1) is 0 Å². The maximum Gasteiger partial charge on any atom is 0.255 e. The van der Waals surface area contributed by atoms with Gasteiger partial charge in [0.15, 0.2) is 0 Å². The van der Waals surface area contributed by atoms with Gasteiger partial charge in [0, 0.05) is 55.2 Å². The zero-order chi connectivity index (χ0) is 20.1. The minimum Gasteiger partial charge on any atom is -0.380 e. The number of likely N-dealkylation sites (N-methyl/N-ethyl adjacent to an activating group) is 1. The molecule has 0 bridgehead atoms. The lowest BCUT2D eigenvalue weighted by Crippen LogP contribution is -2.43. The number of hydrogen-bond acceptors (Lipinski definition) is 4. The molecule has 2 aromatic carbocycles. The molecule has 3 rings (SSSR count). The SMILES string of the molecule is CN1CCN(Cc2ccc(C(=O)Nc3cccc(NC(C)(C)C)c3)cc2)CC1. The first-order valence-corrected chi connectivity index (χ1v) is 9.98. The van der Waals surface area contributed by atoms with Crippen molar-refractivity contribution in [3.05, 3.63) is 59.7 Å². The molecule has 0 saturated carbocycles. The van der Waals surface area contributed by atoms with Crippen LogP contribution in [0.15, 0.2) is 48.5 Å². The summed E-state index contributed by atoms with van der Waals surface area (Å²) < 4.78 is 0. The number of hydrogen-bond donors (Lipinski definition) is 2. The summed E-state index contributed by atoms with van der Waals surface area (Å²) in [6.45, 7) is 11.7. The van der Waals surface area contributed by atoms with Crippen LogP contribution >= 0.6 is 0 Å². The zero-order valence-electron chi connectivity index (χ0n) is 17.5. The largest absolute Gasteiger partial charge is 0.380 e. The summed E-state index contributed by atoms with van der Waals surface area (Å²) in [7, 11) is 2.17. The van der Waals surface area contributed by atoms with Crippen LogP contribution in [0.1, 0.15) is 36.7 Å². The van der Waals surface area contributed by atoms with E-state index in [1.165, 1.54) is 5.56 Å². The van der Waals surface area contributed by atoms with Crippen molar-refractivity contribution in [2.45, 2.75) is 32.9 Å². The monoisotopic (exact) mass is 380 g/mol. The van der Waals surface area contributed by atoms with Crippen molar-refractivity contribution in [1.29, 1.82) is 0 Å². The Balaban J connectivity index is 1.58. The number of anilines is 2. The van der Waals surface area contributed by atoms with Gasteiger partial charge in [-0.15, -0.1) is 0 Å². The van der Waals surface area contributed by atoms with Gasteiger partial charge in [-0.1, -0.05) is 18.2 Å². The van der Waals surface area contributed by atoms with E-state index in [0.29, 0.717) is 5.56 Å². The van der Waals surface area contributed by atoms with Gasteiger partial charge in [0.1, 0.15) is 0 Å². The molecule has 0 radical (unpaired) electrons. The maximum absolute atomic E-state index is 12.6. The molecule has 1 saturated heterocycles. The van der Waals surface area contributed by atoms with Crippen molar-refractivity contribution >= 4 is 17.3 Å². The predicted molar refractivity (Wildman–Crippen MR) is 117 cm³/mol. The van der Waals surface area contributed by atoms with E-state index in [2.05, 4.69) is 60.4 Å². The Hall–Kier alpha value is -2.37. The average Bonchev–Trinajstić information content (AvgIpc) is 2.63. The molecule has 5 nitrogen and oxygen atoms in total. The Bertz CT molecular complexity index is 787. The second kappa shape index (κ2) is 8.76. The minimum absolute atomic E-state index is 0.0256. The average molecular weight is 381 g/mol. The summed E-state index contributed by atoms with van der Waals surface area (Å²) in [6.07, 6.45) is 0. The van der Waals surface area contributed by atoms with E-state index in [4.69, 9.17) is 0 Å². The molecule has 150 valence electrons. The Morgan fingerprint density at radius 2 is 1.61 bits per heavy atom. The third kappa shape index (κ3) is 6.08. The van der Waals surface area contributed by atoms with Crippen LogP contribution in [-0.2, 0) is 6.54 Å². The first-order chi connectivity index (χ1) is 13.3. The molecule has 0 aliphatic carbocycles. The molecule has 2 N–H and O–H groups in total. The fraction of sp³-hybridized carbons (Fsp3) is 0.435. The van der Waals surface area contributed by atoms with Crippen molar-refractivity contribution in [3.63, 3.8) is 0 Å². The number of carbonyl (C=O) groups is 1. The fourth-order valence-corrected chi connectivity index (χ4v) is 3.34. The summed E-state index contributed by atoms with van der Waals surface area (Å²) in [5, 5.41) is 6.42. The van der Waals surface area contributed by atoms with Gasteiger partial charge in [-0.2, -0.15) is 0 Å². The van der Waals surface area contributed by atoms with Crippen LogP contribution in [0.3, 0.4) is 0 Å². The first kappa shape index (κ1) is 20.4. The Morgan fingerprint density at radius 1 is 0.964 bits per heavy atom. The second-order valence-corrected chi connectivity index (χ2v) is 8.69. The van der Waals surface area contributed by atoms with Crippen molar-refractivity contribution in [1.82, 2.24) is 9.80 Å². The Labute approximate surface area is 168 Å². The standard InChI is InChI=1S/C23H32N4O/c1-23(2,3)25-21-7-5-6-20(16-21)24-22(28)19-10-8-18(9-11-19)17-27-14-12-26(4)13-15-27/h5-11,16,25H,12-15,17H2,1-4H3,(H,24,28). The zero-order valence-corrected chi connectivity index (χ0v) is 17.5. The predicted octanol–water partition coefficient (Wildman–Crippen LogP) is 3.90. The summed E-state index contributed by atoms with van der Waals surface area (Å²) in [5.41, 5.74) is 3.68.